The van der Waals surface area contributed by atoms with Crippen molar-refractivity contribution < 1.29 is 9.53 Å². The molecule has 0 saturated heterocycles. The first-order valence-corrected chi connectivity index (χ1v) is 8.54. The zero-order chi connectivity index (χ0) is 16.1. The predicted octanol–water partition coefficient (Wildman–Crippen LogP) is 5.12. The Hall–Kier alpha value is -1.36. The highest BCUT2D eigenvalue weighted by atomic mass is 35.5. The Bertz CT molecular complexity index is 662. The molecule has 0 saturated carbocycles. The first-order valence-electron chi connectivity index (χ1n) is 6.56. The second-order valence-electron chi connectivity index (χ2n) is 4.55. The van der Waals surface area contributed by atoms with Crippen LogP contribution in [-0.4, -0.2) is 18.3 Å². The van der Waals surface area contributed by atoms with Crippen LogP contribution < -0.4 is 10.1 Å². The highest BCUT2D eigenvalue weighted by Gasteiger charge is 2.16. The van der Waals surface area contributed by atoms with Gasteiger partial charge in [-0.3, -0.25) is 4.79 Å². The number of benzene rings is 2. The van der Waals surface area contributed by atoms with Crippen molar-refractivity contribution in [2.45, 2.75) is 17.9 Å². The van der Waals surface area contributed by atoms with Crippen molar-refractivity contribution >= 4 is 46.6 Å². The number of rotatable bonds is 5. The van der Waals surface area contributed by atoms with Gasteiger partial charge in [-0.25, -0.2) is 0 Å². The number of hydrogen-bond acceptors (Lipinski definition) is 3. The fraction of sp³-hybridized carbons (Fsp3) is 0.188. The molecule has 0 spiro atoms. The van der Waals surface area contributed by atoms with E-state index in [1.54, 1.807) is 36.9 Å². The lowest BCUT2D eigenvalue weighted by Crippen LogP contribution is -2.30. The molecule has 2 rings (SSSR count). The molecule has 0 fully saturated rings. The lowest BCUT2D eigenvalue weighted by Gasteiger charge is -2.15. The molecule has 3 nitrogen and oxygen atoms in total. The SMILES string of the molecule is CSc1ccc(O[C@@H](C)C(=O)Nc2cc(Cl)ccc2Cl)cc1. The van der Waals surface area contributed by atoms with Gasteiger partial charge in [0.25, 0.3) is 5.91 Å². The summed E-state index contributed by atoms with van der Waals surface area (Å²) in [5.74, 6) is 0.343. The summed E-state index contributed by atoms with van der Waals surface area (Å²) < 4.78 is 5.62. The maximum absolute atomic E-state index is 12.2. The molecule has 116 valence electrons. The first-order chi connectivity index (χ1) is 10.5. The van der Waals surface area contributed by atoms with Gasteiger partial charge in [0, 0.05) is 9.92 Å². The number of hydrogen-bond donors (Lipinski definition) is 1. The van der Waals surface area contributed by atoms with Gasteiger partial charge in [0.1, 0.15) is 5.75 Å². The van der Waals surface area contributed by atoms with Crippen LogP contribution in [0.15, 0.2) is 47.4 Å². The maximum atomic E-state index is 12.2. The third-order valence-corrected chi connectivity index (χ3v) is 4.24. The number of anilines is 1. The molecule has 0 unspecified atom stereocenters. The van der Waals surface area contributed by atoms with E-state index in [0.29, 0.717) is 21.5 Å². The molecule has 1 amide bonds. The average molecular weight is 356 g/mol. The van der Waals surface area contributed by atoms with Gasteiger partial charge in [-0.1, -0.05) is 23.2 Å². The van der Waals surface area contributed by atoms with Gasteiger partial charge in [-0.05, 0) is 55.6 Å². The number of carbonyl (C=O) groups is 1. The van der Waals surface area contributed by atoms with E-state index in [2.05, 4.69) is 5.32 Å². The normalized spacial score (nSPS) is 11.8. The maximum Gasteiger partial charge on any atom is 0.265 e. The van der Waals surface area contributed by atoms with Crippen LogP contribution in [-0.2, 0) is 4.79 Å². The summed E-state index contributed by atoms with van der Waals surface area (Å²) in [4.78, 5) is 13.3. The van der Waals surface area contributed by atoms with Crippen molar-refractivity contribution in [2.75, 3.05) is 11.6 Å². The van der Waals surface area contributed by atoms with Gasteiger partial charge in [0.15, 0.2) is 6.10 Å². The van der Waals surface area contributed by atoms with Gasteiger partial charge >= 0.3 is 0 Å². The van der Waals surface area contributed by atoms with Crippen LogP contribution >= 0.6 is 35.0 Å². The first kappa shape index (κ1) is 17.0. The van der Waals surface area contributed by atoms with E-state index in [0.717, 1.165) is 4.90 Å². The van der Waals surface area contributed by atoms with Crippen LogP contribution in [0.5, 0.6) is 5.75 Å². The molecule has 1 atom stereocenters. The third kappa shape index (κ3) is 4.57. The zero-order valence-electron chi connectivity index (χ0n) is 12.1. The fourth-order valence-corrected chi connectivity index (χ4v) is 2.48. The minimum Gasteiger partial charge on any atom is -0.481 e. The van der Waals surface area contributed by atoms with Crippen LogP contribution in [0, 0.1) is 0 Å². The lowest BCUT2D eigenvalue weighted by atomic mass is 10.3. The molecule has 2 aromatic rings. The van der Waals surface area contributed by atoms with Gasteiger partial charge in [-0.2, -0.15) is 0 Å². The summed E-state index contributed by atoms with van der Waals surface area (Å²) in [6.07, 6.45) is 1.34. The highest BCUT2D eigenvalue weighted by molar-refractivity contribution is 7.98. The Morgan fingerprint density at radius 1 is 1.18 bits per heavy atom. The van der Waals surface area contributed by atoms with E-state index in [1.165, 1.54) is 0 Å². The van der Waals surface area contributed by atoms with Crippen LogP contribution in [0.3, 0.4) is 0 Å². The Labute approximate surface area is 144 Å². The summed E-state index contributed by atoms with van der Waals surface area (Å²) in [5.41, 5.74) is 0.465. The molecule has 0 aliphatic rings. The molecule has 0 aromatic heterocycles. The van der Waals surface area contributed by atoms with E-state index in [-0.39, 0.29) is 5.91 Å². The van der Waals surface area contributed by atoms with Crippen LogP contribution in [0.1, 0.15) is 6.92 Å². The quantitative estimate of drug-likeness (QED) is 0.756. The Morgan fingerprint density at radius 3 is 2.50 bits per heavy atom. The summed E-state index contributed by atoms with van der Waals surface area (Å²) in [6, 6.07) is 12.4. The smallest absolute Gasteiger partial charge is 0.265 e. The summed E-state index contributed by atoms with van der Waals surface area (Å²) in [7, 11) is 0. The number of carbonyl (C=O) groups excluding carboxylic acids is 1. The van der Waals surface area contributed by atoms with E-state index >= 15 is 0 Å². The van der Waals surface area contributed by atoms with Gasteiger partial charge in [-0.15, -0.1) is 11.8 Å². The van der Waals surface area contributed by atoms with Crippen molar-refractivity contribution in [3.05, 3.63) is 52.5 Å². The lowest BCUT2D eigenvalue weighted by molar-refractivity contribution is -0.122. The van der Waals surface area contributed by atoms with E-state index in [4.69, 9.17) is 27.9 Å². The van der Waals surface area contributed by atoms with E-state index in [1.807, 2.05) is 30.5 Å². The van der Waals surface area contributed by atoms with Crippen LogP contribution in [0.25, 0.3) is 0 Å². The van der Waals surface area contributed by atoms with Crippen molar-refractivity contribution in [3.63, 3.8) is 0 Å². The number of thioether (sulfide) groups is 1. The minimum atomic E-state index is -0.657. The van der Waals surface area contributed by atoms with Gasteiger partial charge < -0.3 is 10.1 Å². The molecular formula is C16H15Cl2NO2S. The molecule has 0 bridgehead atoms. The summed E-state index contributed by atoms with van der Waals surface area (Å²) in [5, 5.41) is 3.64. The van der Waals surface area contributed by atoms with Crippen molar-refractivity contribution in [1.82, 2.24) is 0 Å². The molecular weight excluding hydrogens is 341 g/mol. The molecule has 6 heteroatoms. The average Bonchev–Trinajstić information content (AvgIpc) is 2.51. The number of ether oxygens (including phenoxy) is 1. The molecule has 2 aromatic carbocycles. The number of amides is 1. The number of nitrogens with one attached hydrogen (secondary N) is 1. The number of halogens is 2. The predicted molar refractivity (Wildman–Crippen MR) is 93.4 cm³/mol. The Balaban J connectivity index is 2.00. The standard InChI is InChI=1S/C16H15Cl2NO2S/c1-10(21-12-4-6-13(22-2)7-5-12)16(20)19-15-9-11(17)3-8-14(15)18/h3-10H,1-2H3,(H,19,20)/t10-/m0/s1. The molecule has 0 aliphatic carbocycles. The summed E-state index contributed by atoms with van der Waals surface area (Å²) >= 11 is 13.6. The zero-order valence-corrected chi connectivity index (χ0v) is 14.4. The van der Waals surface area contributed by atoms with Gasteiger partial charge in [0.2, 0.25) is 0 Å². The van der Waals surface area contributed by atoms with Crippen molar-refractivity contribution in [3.8, 4) is 5.75 Å². The molecule has 22 heavy (non-hydrogen) atoms. The largest absolute Gasteiger partial charge is 0.481 e. The minimum absolute atomic E-state index is 0.293. The Morgan fingerprint density at radius 2 is 1.86 bits per heavy atom. The van der Waals surface area contributed by atoms with E-state index in [9.17, 15) is 4.79 Å². The second-order valence-corrected chi connectivity index (χ2v) is 6.27. The van der Waals surface area contributed by atoms with Crippen LogP contribution in [0.4, 0.5) is 5.69 Å². The molecule has 0 aliphatic heterocycles. The third-order valence-electron chi connectivity index (χ3n) is 2.93. The van der Waals surface area contributed by atoms with Crippen molar-refractivity contribution in [2.24, 2.45) is 0 Å². The molecule has 1 N–H and O–H groups in total. The monoisotopic (exact) mass is 355 g/mol. The van der Waals surface area contributed by atoms with Crippen LogP contribution in [0.2, 0.25) is 10.0 Å². The van der Waals surface area contributed by atoms with Crippen molar-refractivity contribution in [1.29, 1.82) is 0 Å². The second kappa shape index (κ2) is 7.77. The van der Waals surface area contributed by atoms with E-state index < -0.39 is 6.10 Å². The Kier molecular flexibility index (Phi) is 6.00. The molecule has 0 radical (unpaired) electrons. The topological polar surface area (TPSA) is 38.3 Å². The highest BCUT2D eigenvalue weighted by Crippen LogP contribution is 2.26. The van der Waals surface area contributed by atoms with Gasteiger partial charge in [0.05, 0.1) is 10.7 Å². The molecule has 0 heterocycles. The summed E-state index contributed by atoms with van der Waals surface area (Å²) in [6.45, 7) is 1.68. The fourth-order valence-electron chi connectivity index (χ4n) is 1.74.